The number of alkyl halides is 7. The molecule has 3 atom stereocenters. The normalized spacial score (nSPS) is 15.2. The first-order valence-corrected chi connectivity index (χ1v) is 12.4. The molecule has 230 valence electrons. The van der Waals surface area contributed by atoms with Gasteiger partial charge in [-0.25, -0.2) is 23.8 Å². The van der Waals surface area contributed by atoms with E-state index in [-0.39, 0.29) is 28.6 Å². The van der Waals surface area contributed by atoms with Crippen LogP contribution in [-0.4, -0.2) is 48.2 Å². The Hall–Kier alpha value is -4.41. The lowest BCUT2D eigenvalue weighted by molar-refractivity contribution is -0.259. The molecule has 3 aromatic heterocycles. The van der Waals surface area contributed by atoms with Crippen molar-refractivity contribution in [3.8, 4) is 11.4 Å². The van der Waals surface area contributed by atoms with Gasteiger partial charge >= 0.3 is 12.4 Å². The summed E-state index contributed by atoms with van der Waals surface area (Å²) in [4.78, 5) is 32.0. The Morgan fingerprint density at radius 1 is 1.07 bits per heavy atom. The number of rotatable bonds is 8. The average Bonchev–Trinajstić information content (AvgIpc) is 2.89. The van der Waals surface area contributed by atoms with E-state index in [0.717, 1.165) is 16.8 Å². The lowest BCUT2D eigenvalue weighted by Crippen LogP contribution is -2.39. The Balaban J connectivity index is 1.52. The highest BCUT2D eigenvalue weighted by molar-refractivity contribution is 5.86. The average molecular weight is 618 g/mol. The van der Waals surface area contributed by atoms with Crippen LogP contribution in [0.1, 0.15) is 31.4 Å². The zero-order valence-corrected chi connectivity index (χ0v) is 22.2. The first kappa shape index (κ1) is 31.5. The second kappa shape index (κ2) is 11.3. The van der Waals surface area contributed by atoms with Crippen molar-refractivity contribution in [3.05, 3.63) is 80.6 Å². The van der Waals surface area contributed by atoms with E-state index in [2.05, 4.69) is 20.4 Å². The van der Waals surface area contributed by atoms with Gasteiger partial charge in [0.05, 0.1) is 29.4 Å². The Kier molecular flexibility index (Phi) is 8.32. The molecule has 0 aliphatic heterocycles. The van der Waals surface area contributed by atoms with Gasteiger partial charge < -0.3 is 15.0 Å². The number of halogens is 8. The van der Waals surface area contributed by atoms with Crippen LogP contribution in [-0.2, 0) is 18.3 Å². The number of H-pyrrole nitrogens is 1. The lowest BCUT2D eigenvalue weighted by atomic mass is 9.98. The topological polar surface area (TPSA) is 126 Å². The zero-order valence-electron chi connectivity index (χ0n) is 22.2. The van der Waals surface area contributed by atoms with Crippen LogP contribution in [0, 0.1) is 5.82 Å². The Labute approximate surface area is 236 Å². The molecule has 43 heavy (non-hydrogen) atoms. The minimum atomic E-state index is -5.02. The highest BCUT2D eigenvalue weighted by Crippen LogP contribution is 2.38. The quantitative estimate of drug-likeness (QED) is 0.245. The number of hydrogen-bond acceptors (Lipinski definition) is 7. The smallest absolute Gasteiger partial charge is 0.381 e. The fourth-order valence-electron chi connectivity index (χ4n) is 4.29. The van der Waals surface area contributed by atoms with Gasteiger partial charge in [0.25, 0.3) is 11.1 Å². The summed E-state index contributed by atoms with van der Waals surface area (Å²) in [7, 11) is 0. The molecule has 3 N–H and O–H groups in total. The summed E-state index contributed by atoms with van der Waals surface area (Å²) < 4.78 is 110. The molecule has 17 heteroatoms. The second-order valence-corrected chi connectivity index (χ2v) is 9.92. The van der Waals surface area contributed by atoms with Crippen LogP contribution in [0.3, 0.4) is 0 Å². The van der Waals surface area contributed by atoms with Gasteiger partial charge in [-0.3, -0.25) is 9.59 Å². The van der Waals surface area contributed by atoms with Crippen LogP contribution in [0.25, 0.3) is 22.2 Å². The van der Waals surface area contributed by atoms with E-state index in [1.54, 1.807) is 5.10 Å². The number of hydrogen-bond donors (Lipinski definition) is 3. The number of aromatic nitrogens is 5. The van der Waals surface area contributed by atoms with Gasteiger partial charge in [0, 0.05) is 36.6 Å². The number of aliphatic hydroxyl groups is 1. The molecule has 9 nitrogen and oxygen atoms in total. The molecular weight excluding hydrogens is 596 g/mol. The minimum absolute atomic E-state index is 0.164. The summed E-state index contributed by atoms with van der Waals surface area (Å²) in [6.07, 6.45) is -8.79. The van der Waals surface area contributed by atoms with Crippen molar-refractivity contribution in [1.29, 1.82) is 0 Å². The van der Waals surface area contributed by atoms with Crippen molar-refractivity contribution in [2.75, 3.05) is 5.32 Å². The SMILES string of the molecule is C[C@@H](C[C@@H](F)Cn1ccc2cc(-c3ncc([C@@](C)(O)C(F)(F)F)cn3)c(F)cc2c1=O)Nc1cn[nH]c(=O)c1C(F)(F)F. The van der Waals surface area contributed by atoms with Gasteiger partial charge in [0.15, 0.2) is 11.4 Å². The molecule has 0 spiro atoms. The van der Waals surface area contributed by atoms with Crippen LogP contribution in [0.2, 0.25) is 0 Å². The molecule has 1 aromatic carbocycles. The van der Waals surface area contributed by atoms with Crippen LogP contribution < -0.4 is 16.4 Å². The van der Waals surface area contributed by atoms with Crippen molar-refractivity contribution < 1.29 is 40.2 Å². The number of fused-ring (bicyclic) bond motifs is 1. The summed E-state index contributed by atoms with van der Waals surface area (Å²) in [6.45, 7) is 1.35. The highest BCUT2D eigenvalue weighted by atomic mass is 19.4. The van der Waals surface area contributed by atoms with Crippen LogP contribution in [0.15, 0.2) is 52.6 Å². The Morgan fingerprint density at radius 2 is 1.72 bits per heavy atom. The summed E-state index contributed by atoms with van der Waals surface area (Å²) in [5.41, 5.74) is -8.60. The summed E-state index contributed by atoms with van der Waals surface area (Å²) >= 11 is 0. The van der Waals surface area contributed by atoms with Crippen LogP contribution >= 0.6 is 0 Å². The number of benzene rings is 1. The zero-order chi connectivity index (χ0) is 31.9. The number of anilines is 1. The minimum Gasteiger partial charge on any atom is -0.381 e. The Morgan fingerprint density at radius 3 is 2.33 bits per heavy atom. The molecule has 0 radical (unpaired) electrons. The summed E-state index contributed by atoms with van der Waals surface area (Å²) in [5.74, 6) is -1.32. The molecular formula is C26H22F8N6O3. The van der Waals surface area contributed by atoms with E-state index in [0.29, 0.717) is 19.3 Å². The predicted octanol–water partition coefficient (Wildman–Crippen LogP) is 4.70. The summed E-state index contributed by atoms with van der Waals surface area (Å²) in [5, 5.41) is 17.2. The first-order chi connectivity index (χ1) is 19.9. The van der Waals surface area contributed by atoms with Gasteiger partial charge in [0.2, 0.25) is 0 Å². The van der Waals surface area contributed by atoms with Crippen molar-refractivity contribution in [3.63, 3.8) is 0 Å². The van der Waals surface area contributed by atoms with Gasteiger partial charge in [-0.1, -0.05) is 0 Å². The maximum Gasteiger partial charge on any atom is 0.423 e. The van der Waals surface area contributed by atoms with Crippen LogP contribution in [0.5, 0.6) is 0 Å². The maximum absolute atomic E-state index is 15.0. The highest BCUT2D eigenvalue weighted by Gasteiger charge is 2.51. The van der Waals surface area contributed by atoms with Crippen LogP contribution in [0.4, 0.5) is 40.8 Å². The van der Waals surface area contributed by atoms with Gasteiger partial charge in [0.1, 0.15) is 17.6 Å². The third kappa shape index (κ3) is 6.50. The van der Waals surface area contributed by atoms with Gasteiger partial charge in [-0.15, -0.1) is 0 Å². The standard InChI is InChI=1S/C26H22F8N6O3/c1-12(38-19-10-37-39-22(41)20(19)25(29,30)31)5-15(27)11-40-4-3-13-6-17(18(28)7-16(13)23(40)42)21-35-8-14(9-36-21)24(2,43)26(32,33)34/h3-4,6-10,12,15,43H,5,11H2,1-2H3,(H2,38,39,41)/t12-,15+,24+/m0/s1. The van der Waals surface area contributed by atoms with Crippen molar-refractivity contribution in [2.45, 2.75) is 57.0 Å². The molecule has 4 rings (SSSR count). The molecule has 4 aromatic rings. The van der Waals surface area contributed by atoms with Gasteiger partial charge in [-0.2, -0.15) is 31.4 Å². The number of pyridine rings is 1. The molecule has 0 unspecified atom stereocenters. The second-order valence-electron chi connectivity index (χ2n) is 9.92. The van der Waals surface area contributed by atoms with E-state index in [9.17, 15) is 49.8 Å². The van der Waals surface area contributed by atoms with E-state index < -0.39 is 70.5 Å². The molecule has 0 saturated carbocycles. The lowest BCUT2D eigenvalue weighted by Gasteiger charge is -2.25. The largest absolute Gasteiger partial charge is 0.423 e. The van der Waals surface area contributed by atoms with Gasteiger partial charge in [-0.05, 0) is 37.4 Å². The van der Waals surface area contributed by atoms with Crippen molar-refractivity contribution >= 4 is 16.5 Å². The number of nitrogens with zero attached hydrogens (tertiary/aromatic N) is 4. The third-order valence-electron chi connectivity index (χ3n) is 6.62. The molecule has 0 aliphatic carbocycles. The summed E-state index contributed by atoms with van der Waals surface area (Å²) in [6, 6.07) is 2.44. The molecule has 0 fully saturated rings. The molecule has 0 aliphatic rings. The fraction of sp³-hybridized carbons (Fsp3) is 0.346. The molecule has 3 heterocycles. The number of aromatic amines is 1. The maximum atomic E-state index is 15.0. The van der Waals surface area contributed by atoms with Crippen molar-refractivity contribution in [2.24, 2.45) is 0 Å². The van der Waals surface area contributed by atoms with E-state index in [1.165, 1.54) is 25.3 Å². The van der Waals surface area contributed by atoms with E-state index in [1.807, 2.05) is 0 Å². The molecule has 0 saturated heterocycles. The Bertz CT molecular complexity index is 1750. The van der Waals surface area contributed by atoms with Crippen molar-refractivity contribution in [1.82, 2.24) is 24.7 Å². The fourth-order valence-corrected chi connectivity index (χ4v) is 4.29. The first-order valence-electron chi connectivity index (χ1n) is 12.4. The number of nitrogens with one attached hydrogen (secondary N) is 2. The predicted molar refractivity (Wildman–Crippen MR) is 137 cm³/mol. The molecule has 0 amide bonds. The van der Waals surface area contributed by atoms with E-state index >= 15 is 0 Å². The molecule has 0 bridgehead atoms. The monoisotopic (exact) mass is 618 g/mol. The van der Waals surface area contributed by atoms with E-state index in [4.69, 9.17) is 0 Å². The third-order valence-corrected chi connectivity index (χ3v) is 6.62.